The van der Waals surface area contributed by atoms with Crippen molar-refractivity contribution in [2.24, 2.45) is 0 Å². The predicted octanol–water partition coefficient (Wildman–Crippen LogP) is 14.5. The number of unbranched alkanes of at least 4 members (excludes halogenated alkanes) is 15. The van der Waals surface area contributed by atoms with Gasteiger partial charge in [0.2, 0.25) is 0 Å². The second kappa shape index (κ2) is 23.4. The summed E-state index contributed by atoms with van der Waals surface area (Å²) in [7, 11) is 0. The zero-order chi connectivity index (χ0) is 33.5. The Hall–Kier alpha value is -2.96. The van der Waals surface area contributed by atoms with E-state index < -0.39 is 0 Å². The molecule has 0 N–H and O–H groups in total. The first-order valence-electron chi connectivity index (χ1n) is 18.0. The van der Waals surface area contributed by atoms with Crippen LogP contribution < -0.4 is 18.9 Å². The van der Waals surface area contributed by atoms with Crippen molar-refractivity contribution in [3.05, 3.63) is 106 Å². The number of halogens is 2. The van der Waals surface area contributed by atoms with Crippen LogP contribution in [-0.4, -0.2) is 13.2 Å². The average Bonchev–Trinajstić information content (AvgIpc) is 3.09. The smallest absolute Gasteiger partial charge is 0.128 e. The molecule has 0 atom stereocenters. The van der Waals surface area contributed by atoms with E-state index in [1.54, 1.807) is 0 Å². The zero-order valence-electron chi connectivity index (χ0n) is 28.4. The van der Waals surface area contributed by atoms with Gasteiger partial charge in [0.1, 0.15) is 34.5 Å². The third kappa shape index (κ3) is 16.4. The fourth-order valence-corrected chi connectivity index (χ4v) is 6.36. The third-order valence-corrected chi connectivity index (χ3v) is 9.27. The molecule has 0 unspecified atom stereocenters. The van der Waals surface area contributed by atoms with E-state index in [1.807, 2.05) is 97.1 Å². The molecular formula is C42H52Br2O4. The predicted molar refractivity (Wildman–Crippen MR) is 206 cm³/mol. The van der Waals surface area contributed by atoms with Gasteiger partial charge in [-0.15, -0.1) is 0 Å². The van der Waals surface area contributed by atoms with E-state index in [-0.39, 0.29) is 0 Å². The van der Waals surface area contributed by atoms with Gasteiger partial charge in [-0.05, 0) is 97.8 Å². The van der Waals surface area contributed by atoms with Gasteiger partial charge in [0, 0.05) is 8.95 Å². The molecule has 0 aliphatic heterocycles. The lowest BCUT2D eigenvalue weighted by Crippen LogP contribution is -1.97. The van der Waals surface area contributed by atoms with E-state index in [0.29, 0.717) is 0 Å². The van der Waals surface area contributed by atoms with Crippen LogP contribution in [0.3, 0.4) is 0 Å². The van der Waals surface area contributed by atoms with Crippen molar-refractivity contribution in [3.8, 4) is 34.5 Å². The number of benzene rings is 4. The second-order valence-electron chi connectivity index (χ2n) is 12.4. The van der Waals surface area contributed by atoms with E-state index in [4.69, 9.17) is 18.9 Å². The normalized spacial score (nSPS) is 11.0. The van der Waals surface area contributed by atoms with Crippen LogP contribution in [0.15, 0.2) is 106 Å². The second-order valence-corrected chi connectivity index (χ2v) is 14.2. The molecule has 0 aliphatic rings. The summed E-state index contributed by atoms with van der Waals surface area (Å²) in [4.78, 5) is 0. The Bertz CT molecular complexity index is 1300. The molecule has 0 bridgehead atoms. The van der Waals surface area contributed by atoms with Crippen LogP contribution in [0.2, 0.25) is 0 Å². The van der Waals surface area contributed by atoms with Crippen molar-refractivity contribution >= 4 is 31.9 Å². The standard InChI is InChI=1S/C42H52Br2O4/c43-35-19-17-21-41(33-35)47-39-27-23-37(24-28-39)45-31-15-13-11-9-7-5-3-1-2-4-6-8-10-12-14-16-32-46-38-25-29-40(30-26-38)48-42-22-18-20-36(44)34-42/h17-30,33-34H,1-16,31-32H2. The van der Waals surface area contributed by atoms with Gasteiger partial charge in [-0.2, -0.15) is 0 Å². The molecule has 0 radical (unpaired) electrons. The first-order valence-corrected chi connectivity index (χ1v) is 19.6. The third-order valence-electron chi connectivity index (χ3n) is 8.29. The lowest BCUT2D eigenvalue weighted by Gasteiger charge is -2.09. The Morgan fingerprint density at radius 1 is 0.312 bits per heavy atom. The monoisotopic (exact) mass is 778 g/mol. The lowest BCUT2D eigenvalue weighted by molar-refractivity contribution is 0.303. The van der Waals surface area contributed by atoms with Gasteiger partial charge in [-0.1, -0.05) is 134 Å². The Morgan fingerprint density at radius 3 is 0.917 bits per heavy atom. The van der Waals surface area contributed by atoms with Crippen LogP contribution in [0.5, 0.6) is 34.5 Å². The maximum atomic E-state index is 5.92. The number of rotatable bonds is 25. The molecule has 0 amide bonds. The van der Waals surface area contributed by atoms with Crippen LogP contribution >= 0.6 is 31.9 Å². The molecule has 6 heteroatoms. The molecule has 4 aromatic rings. The summed E-state index contributed by atoms with van der Waals surface area (Å²) < 4.78 is 25.6. The fraction of sp³-hybridized carbons (Fsp3) is 0.429. The first-order chi connectivity index (χ1) is 23.6. The number of hydrogen-bond acceptors (Lipinski definition) is 4. The van der Waals surface area contributed by atoms with Gasteiger partial charge in [-0.25, -0.2) is 0 Å². The Kier molecular flexibility index (Phi) is 18.5. The van der Waals surface area contributed by atoms with Gasteiger partial charge in [0.05, 0.1) is 13.2 Å². The van der Waals surface area contributed by atoms with Gasteiger partial charge >= 0.3 is 0 Å². The highest BCUT2D eigenvalue weighted by Crippen LogP contribution is 2.27. The summed E-state index contributed by atoms with van der Waals surface area (Å²) in [5, 5.41) is 0. The highest BCUT2D eigenvalue weighted by atomic mass is 79.9. The number of hydrogen-bond donors (Lipinski definition) is 0. The summed E-state index contributed by atoms with van der Waals surface area (Å²) in [6.45, 7) is 1.56. The molecule has 4 aromatic carbocycles. The molecule has 0 saturated carbocycles. The highest BCUT2D eigenvalue weighted by Gasteiger charge is 2.02. The lowest BCUT2D eigenvalue weighted by atomic mass is 10.0. The first kappa shape index (κ1) is 37.9. The molecule has 4 rings (SSSR count). The molecule has 48 heavy (non-hydrogen) atoms. The van der Waals surface area contributed by atoms with Gasteiger partial charge < -0.3 is 18.9 Å². The minimum absolute atomic E-state index is 0.778. The summed E-state index contributed by atoms with van der Waals surface area (Å²) in [5.74, 6) is 5.07. The maximum absolute atomic E-state index is 5.92. The van der Waals surface area contributed by atoms with Crippen LogP contribution in [0, 0.1) is 0 Å². The van der Waals surface area contributed by atoms with Crippen molar-refractivity contribution in [1.82, 2.24) is 0 Å². The van der Waals surface area contributed by atoms with E-state index in [1.165, 1.54) is 89.9 Å². The van der Waals surface area contributed by atoms with E-state index in [0.717, 1.165) is 69.5 Å². The fourth-order valence-electron chi connectivity index (χ4n) is 5.60. The van der Waals surface area contributed by atoms with Crippen molar-refractivity contribution in [3.63, 3.8) is 0 Å². The van der Waals surface area contributed by atoms with Crippen molar-refractivity contribution in [2.45, 2.75) is 103 Å². The summed E-state index contributed by atoms with van der Waals surface area (Å²) in [6, 6.07) is 31.5. The molecule has 0 saturated heterocycles. The molecule has 0 spiro atoms. The minimum atomic E-state index is 0.778. The van der Waals surface area contributed by atoms with Crippen molar-refractivity contribution in [2.75, 3.05) is 13.2 Å². The van der Waals surface area contributed by atoms with Crippen LogP contribution in [0.1, 0.15) is 103 Å². The maximum Gasteiger partial charge on any atom is 0.128 e. The Labute approximate surface area is 305 Å². The number of ether oxygens (including phenoxy) is 4. The molecular weight excluding hydrogens is 728 g/mol. The zero-order valence-corrected chi connectivity index (χ0v) is 31.5. The molecule has 0 aliphatic carbocycles. The largest absolute Gasteiger partial charge is 0.494 e. The van der Waals surface area contributed by atoms with Crippen LogP contribution in [0.4, 0.5) is 0 Å². The molecule has 4 nitrogen and oxygen atoms in total. The molecule has 258 valence electrons. The van der Waals surface area contributed by atoms with E-state index >= 15 is 0 Å². The summed E-state index contributed by atoms with van der Waals surface area (Å²) in [6.07, 6.45) is 21.1. The van der Waals surface area contributed by atoms with Crippen molar-refractivity contribution < 1.29 is 18.9 Å². The summed E-state index contributed by atoms with van der Waals surface area (Å²) >= 11 is 6.95. The average molecular weight is 781 g/mol. The SMILES string of the molecule is Brc1cccc(Oc2ccc(OCCCCCCCCCCCCCCCCCCOc3ccc(Oc4cccc(Br)c4)cc3)cc2)c1. The Morgan fingerprint density at radius 2 is 0.604 bits per heavy atom. The molecule has 0 fully saturated rings. The quantitative estimate of drug-likeness (QED) is 0.0628. The Balaban J connectivity index is 0.858. The molecule has 0 heterocycles. The van der Waals surface area contributed by atoms with Crippen molar-refractivity contribution in [1.29, 1.82) is 0 Å². The van der Waals surface area contributed by atoms with E-state index in [9.17, 15) is 0 Å². The molecule has 0 aromatic heterocycles. The van der Waals surface area contributed by atoms with E-state index in [2.05, 4.69) is 31.9 Å². The highest BCUT2D eigenvalue weighted by molar-refractivity contribution is 9.10. The van der Waals surface area contributed by atoms with Crippen LogP contribution in [-0.2, 0) is 0 Å². The summed E-state index contributed by atoms with van der Waals surface area (Å²) in [5.41, 5.74) is 0. The minimum Gasteiger partial charge on any atom is -0.494 e. The van der Waals surface area contributed by atoms with Crippen LogP contribution in [0.25, 0.3) is 0 Å². The van der Waals surface area contributed by atoms with Gasteiger partial charge in [0.25, 0.3) is 0 Å². The van der Waals surface area contributed by atoms with Gasteiger partial charge in [0.15, 0.2) is 0 Å². The topological polar surface area (TPSA) is 36.9 Å². The van der Waals surface area contributed by atoms with Gasteiger partial charge in [-0.3, -0.25) is 0 Å².